The van der Waals surface area contributed by atoms with Crippen molar-refractivity contribution in [2.45, 2.75) is 38.0 Å². The lowest BCUT2D eigenvalue weighted by Crippen LogP contribution is -2.16. The molecule has 2 N–H and O–H groups in total. The van der Waals surface area contributed by atoms with Gasteiger partial charge in [0.05, 0.1) is 12.7 Å². The van der Waals surface area contributed by atoms with Crippen LogP contribution in [-0.4, -0.2) is 33.9 Å². The molecule has 0 aliphatic rings. The largest absolute Gasteiger partial charge is 0.394 e. The molecule has 0 aromatic heterocycles. The van der Waals surface area contributed by atoms with Crippen molar-refractivity contribution < 1.29 is 10.2 Å². The first-order chi connectivity index (χ1) is 5.20. The van der Waals surface area contributed by atoms with E-state index < -0.39 is 6.10 Å². The maximum Gasteiger partial charge on any atom is 0.0861 e. The predicted molar refractivity (Wildman–Crippen MR) is 49.9 cm³/mol. The van der Waals surface area contributed by atoms with E-state index >= 15 is 0 Å². The summed E-state index contributed by atoms with van der Waals surface area (Å²) in [5, 5.41) is 18.1. The van der Waals surface area contributed by atoms with Crippen LogP contribution in [0.5, 0.6) is 0 Å². The monoisotopic (exact) mass is 178 g/mol. The molecule has 0 amide bonds. The Bertz CT molecular complexity index is 88.2. The van der Waals surface area contributed by atoms with Gasteiger partial charge in [0.15, 0.2) is 0 Å². The van der Waals surface area contributed by atoms with Gasteiger partial charge in [-0.1, -0.05) is 20.3 Å². The third-order valence-electron chi connectivity index (χ3n) is 1.48. The van der Waals surface area contributed by atoms with E-state index in [9.17, 15) is 0 Å². The molecule has 0 rings (SSSR count). The lowest BCUT2D eigenvalue weighted by molar-refractivity contribution is 0.113. The molecule has 0 bridgehead atoms. The van der Waals surface area contributed by atoms with E-state index in [1.165, 1.54) is 12.8 Å². The molecule has 0 radical (unpaired) electrons. The van der Waals surface area contributed by atoms with Gasteiger partial charge < -0.3 is 10.2 Å². The zero-order valence-corrected chi connectivity index (χ0v) is 8.10. The number of rotatable bonds is 6. The van der Waals surface area contributed by atoms with Gasteiger partial charge in [-0.05, 0) is 6.42 Å². The summed E-state index contributed by atoms with van der Waals surface area (Å²) in [5.74, 6) is 0.650. The summed E-state index contributed by atoms with van der Waals surface area (Å²) in [6.07, 6.45) is 1.82. The highest BCUT2D eigenvalue weighted by molar-refractivity contribution is 7.99. The molecule has 0 saturated heterocycles. The Labute approximate surface area is 73.0 Å². The van der Waals surface area contributed by atoms with Gasteiger partial charge in [0, 0.05) is 11.0 Å². The SMILES string of the molecule is CCCC(C)SCC(O)CO. The van der Waals surface area contributed by atoms with Crippen molar-refractivity contribution in [1.29, 1.82) is 0 Å². The molecule has 0 spiro atoms. The zero-order chi connectivity index (χ0) is 8.69. The average Bonchev–Trinajstić information content (AvgIpc) is 2.01. The summed E-state index contributed by atoms with van der Waals surface area (Å²) < 4.78 is 0. The summed E-state index contributed by atoms with van der Waals surface area (Å²) in [6, 6.07) is 0. The van der Waals surface area contributed by atoms with Crippen molar-refractivity contribution in [3.05, 3.63) is 0 Å². The molecule has 0 saturated carbocycles. The summed E-state index contributed by atoms with van der Waals surface area (Å²) in [6.45, 7) is 4.18. The zero-order valence-electron chi connectivity index (χ0n) is 7.29. The smallest absolute Gasteiger partial charge is 0.0861 e. The van der Waals surface area contributed by atoms with Crippen LogP contribution in [0.3, 0.4) is 0 Å². The minimum absolute atomic E-state index is 0.119. The highest BCUT2D eigenvalue weighted by Crippen LogP contribution is 2.16. The molecule has 68 valence electrons. The Balaban J connectivity index is 3.22. The maximum atomic E-state index is 9.00. The van der Waals surface area contributed by atoms with Crippen LogP contribution < -0.4 is 0 Å². The van der Waals surface area contributed by atoms with Crippen LogP contribution in [0.2, 0.25) is 0 Å². The lowest BCUT2D eigenvalue weighted by Gasteiger charge is -2.11. The van der Waals surface area contributed by atoms with E-state index in [0.717, 1.165) is 0 Å². The van der Waals surface area contributed by atoms with E-state index in [0.29, 0.717) is 11.0 Å². The van der Waals surface area contributed by atoms with Crippen molar-refractivity contribution in [2.75, 3.05) is 12.4 Å². The third kappa shape index (κ3) is 6.66. The van der Waals surface area contributed by atoms with Crippen molar-refractivity contribution >= 4 is 11.8 Å². The van der Waals surface area contributed by atoms with Gasteiger partial charge in [-0.3, -0.25) is 0 Å². The van der Waals surface area contributed by atoms with Crippen LogP contribution in [0.15, 0.2) is 0 Å². The van der Waals surface area contributed by atoms with E-state index in [1.807, 2.05) is 0 Å². The van der Waals surface area contributed by atoms with Crippen molar-refractivity contribution in [3.8, 4) is 0 Å². The molecule has 0 aliphatic carbocycles. The molecule has 0 aromatic carbocycles. The summed E-state index contributed by atoms with van der Waals surface area (Å²) >= 11 is 1.72. The van der Waals surface area contributed by atoms with Gasteiger partial charge in [0.1, 0.15) is 0 Å². The second-order valence-electron chi connectivity index (χ2n) is 2.77. The predicted octanol–water partition coefficient (Wildman–Crippen LogP) is 1.26. The summed E-state index contributed by atoms with van der Waals surface area (Å²) in [5.41, 5.74) is 0. The van der Waals surface area contributed by atoms with Gasteiger partial charge >= 0.3 is 0 Å². The molecule has 11 heavy (non-hydrogen) atoms. The van der Waals surface area contributed by atoms with E-state index in [-0.39, 0.29) is 6.61 Å². The second-order valence-corrected chi connectivity index (χ2v) is 4.24. The normalized spacial score (nSPS) is 16.4. The first-order valence-corrected chi connectivity index (χ1v) is 5.16. The van der Waals surface area contributed by atoms with Gasteiger partial charge in [-0.15, -0.1) is 0 Å². The van der Waals surface area contributed by atoms with Crippen LogP contribution in [-0.2, 0) is 0 Å². The number of aliphatic hydroxyl groups is 2. The van der Waals surface area contributed by atoms with Crippen LogP contribution >= 0.6 is 11.8 Å². The Kier molecular flexibility index (Phi) is 7.12. The van der Waals surface area contributed by atoms with Crippen LogP contribution in [0, 0.1) is 0 Å². The fourth-order valence-corrected chi connectivity index (χ4v) is 1.88. The Morgan fingerprint density at radius 3 is 2.55 bits per heavy atom. The number of thioether (sulfide) groups is 1. The number of aliphatic hydroxyl groups excluding tert-OH is 2. The standard InChI is InChI=1S/C8H18O2S/c1-3-4-7(2)11-6-8(10)5-9/h7-10H,3-6H2,1-2H3. The summed E-state index contributed by atoms with van der Waals surface area (Å²) in [4.78, 5) is 0. The lowest BCUT2D eigenvalue weighted by atomic mass is 10.3. The van der Waals surface area contributed by atoms with Gasteiger partial charge in [0.2, 0.25) is 0 Å². The molecule has 0 aliphatic heterocycles. The molecule has 2 atom stereocenters. The first-order valence-electron chi connectivity index (χ1n) is 4.11. The Morgan fingerprint density at radius 2 is 2.09 bits per heavy atom. The maximum absolute atomic E-state index is 9.00. The highest BCUT2D eigenvalue weighted by Gasteiger charge is 2.05. The van der Waals surface area contributed by atoms with E-state index in [1.54, 1.807) is 11.8 Å². The Morgan fingerprint density at radius 1 is 1.45 bits per heavy atom. The quantitative estimate of drug-likeness (QED) is 0.643. The van der Waals surface area contributed by atoms with Crippen molar-refractivity contribution in [2.24, 2.45) is 0 Å². The minimum atomic E-state index is -0.542. The third-order valence-corrected chi connectivity index (χ3v) is 2.86. The minimum Gasteiger partial charge on any atom is -0.394 e. The number of hydrogen-bond donors (Lipinski definition) is 2. The van der Waals surface area contributed by atoms with Crippen LogP contribution in [0.1, 0.15) is 26.7 Å². The first kappa shape index (κ1) is 11.3. The Hall–Kier alpha value is 0.270. The molecule has 0 aromatic rings. The molecule has 0 heterocycles. The molecule has 3 heteroatoms. The molecular weight excluding hydrogens is 160 g/mol. The topological polar surface area (TPSA) is 40.5 Å². The van der Waals surface area contributed by atoms with Crippen molar-refractivity contribution in [1.82, 2.24) is 0 Å². The summed E-state index contributed by atoms with van der Waals surface area (Å²) in [7, 11) is 0. The van der Waals surface area contributed by atoms with E-state index in [4.69, 9.17) is 10.2 Å². The number of hydrogen-bond acceptors (Lipinski definition) is 3. The van der Waals surface area contributed by atoms with E-state index in [2.05, 4.69) is 13.8 Å². The van der Waals surface area contributed by atoms with Crippen LogP contribution in [0.4, 0.5) is 0 Å². The van der Waals surface area contributed by atoms with Gasteiger partial charge in [0.25, 0.3) is 0 Å². The van der Waals surface area contributed by atoms with Crippen LogP contribution in [0.25, 0.3) is 0 Å². The molecule has 0 fully saturated rings. The second kappa shape index (κ2) is 6.95. The fourth-order valence-electron chi connectivity index (χ4n) is 0.818. The van der Waals surface area contributed by atoms with Gasteiger partial charge in [-0.25, -0.2) is 0 Å². The highest BCUT2D eigenvalue weighted by atomic mass is 32.2. The molecular formula is C8H18O2S. The molecule has 2 unspecified atom stereocenters. The van der Waals surface area contributed by atoms with Crippen molar-refractivity contribution in [3.63, 3.8) is 0 Å². The molecule has 2 nitrogen and oxygen atoms in total. The fraction of sp³-hybridized carbons (Fsp3) is 1.00. The average molecular weight is 178 g/mol. The van der Waals surface area contributed by atoms with Gasteiger partial charge in [-0.2, -0.15) is 11.8 Å².